The van der Waals surface area contributed by atoms with E-state index in [0.29, 0.717) is 10.9 Å². The number of carbonyl (C=O) groups is 2. The second-order valence-electron chi connectivity index (χ2n) is 5.73. The first-order valence-electron chi connectivity index (χ1n) is 7.35. The van der Waals surface area contributed by atoms with Crippen LogP contribution < -0.4 is 16.1 Å². The maximum atomic E-state index is 12.5. The Bertz CT molecular complexity index is 824. The number of benzene rings is 1. The van der Waals surface area contributed by atoms with Crippen LogP contribution >= 0.6 is 0 Å². The van der Waals surface area contributed by atoms with Crippen LogP contribution in [0.1, 0.15) is 29.9 Å². The predicted molar refractivity (Wildman–Crippen MR) is 87.3 cm³/mol. The molecular weight excluding hydrogens is 296 g/mol. The zero-order chi connectivity index (χ0) is 17.1. The van der Waals surface area contributed by atoms with Crippen LogP contribution in [0.3, 0.4) is 0 Å². The van der Waals surface area contributed by atoms with Crippen LogP contribution in [0.15, 0.2) is 23.0 Å². The van der Waals surface area contributed by atoms with E-state index < -0.39 is 11.3 Å². The van der Waals surface area contributed by atoms with E-state index in [0.717, 1.165) is 5.56 Å². The summed E-state index contributed by atoms with van der Waals surface area (Å²) >= 11 is 0. The Balaban J connectivity index is 2.29. The Labute approximate surface area is 133 Å². The van der Waals surface area contributed by atoms with Crippen molar-refractivity contribution in [2.45, 2.75) is 26.8 Å². The van der Waals surface area contributed by atoms with Gasteiger partial charge in [-0.2, -0.15) is 5.10 Å². The molecule has 0 atom stereocenters. The summed E-state index contributed by atoms with van der Waals surface area (Å²) in [4.78, 5) is 36.2. The third-order valence-electron chi connectivity index (χ3n) is 3.28. The number of nitrogens with one attached hydrogen (secondary N) is 2. The van der Waals surface area contributed by atoms with E-state index in [1.165, 1.54) is 4.68 Å². The maximum absolute atomic E-state index is 12.5. The molecule has 122 valence electrons. The number of hydrogen-bond donors (Lipinski definition) is 2. The summed E-state index contributed by atoms with van der Waals surface area (Å²) in [6.07, 6.45) is 0. The average Bonchev–Trinajstić information content (AvgIpc) is 2.47. The molecule has 0 aliphatic carbocycles. The van der Waals surface area contributed by atoms with Gasteiger partial charge in [0, 0.05) is 13.1 Å². The summed E-state index contributed by atoms with van der Waals surface area (Å²) in [6, 6.07) is 5.37. The van der Waals surface area contributed by atoms with E-state index in [1.54, 1.807) is 19.2 Å². The van der Waals surface area contributed by atoms with Gasteiger partial charge >= 0.3 is 0 Å². The monoisotopic (exact) mass is 316 g/mol. The molecule has 1 aromatic carbocycles. The lowest BCUT2D eigenvalue weighted by molar-refractivity contribution is -0.120. The van der Waals surface area contributed by atoms with Crippen LogP contribution in [-0.2, 0) is 11.8 Å². The van der Waals surface area contributed by atoms with Crippen molar-refractivity contribution in [3.05, 3.63) is 39.7 Å². The Hall–Kier alpha value is -2.70. The largest absolute Gasteiger partial charge is 0.352 e. The summed E-state index contributed by atoms with van der Waals surface area (Å²) in [6.45, 7) is 5.31. The Morgan fingerprint density at radius 1 is 1.30 bits per heavy atom. The van der Waals surface area contributed by atoms with Crippen LogP contribution in [0.4, 0.5) is 0 Å². The molecule has 0 spiro atoms. The highest BCUT2D eigenvalue weighted by molar-refractivity contribution is 5.97. The van der Waals surface area contributed by atoms with E-state index in [2.05, 4.69) is 15.7 Å². The molecule has 7 nitrogen and oxygen atoms in total. The van der Waals surface area contributed by atoms with E-state index in [1.807, 2.05) is 26.8 Å². The van der Waals surface area contributed by atoms with Gasteiger partial charge in [-0.05, 0) is 32.9 Å². The molecule has 0 unspecified atom stereocenters. The van der Waals surface area contributed by atoms with Gasteiger partial charge in [0.25, 0.3) is 5.91 Å². The molecule has 0 aliphatic heterocycles. The van der Waals surface area contributed by atoms with Gasteiger partial charge in [-0.15, -0.1) is 0 Å². The number of nitrogens with zero attached hydrogens (tertiary/aromatic N) is 2. The molecule has 0 aliphatic rings. The molecule has 1 aromatic heterocycles. The molecule has 2 aromatic rings. The summed E-state index contributed by atoms with van der Waals surface area (Å²) in [5, 5.41) is 9.54. The molecule has 2 N–H and O–H groups in total. The first-order chi connectivity index (χ1) is 10.8. The zero-order valence-corrected chi connectivity index (χ0v) is 13.6. The number of fused-ring (bicyclic) bond motifs is 1. The number of amides is 2. The second-order valence-corrected chi connectivity index (χ2v) is 5.73. The molecule has 23 heavy (non-hydrogen) atoms. The molecule has 7 heteroatoms. The van der Waals surface area contributed by atoms with E-state index in [-0.39, 0.29) is 24.2 Å². The van der Waals surface area contributed by atoms with Crippen molar-refractivity contribution in [2.24, 2.45) is 7.05 Å². The molecular formula is C16H20N4O3. The van der Waals surface area contributed by atoms with Gasteiger partial charge < -0.3 is 10.6 Å². The third kappa shape index (κ3) is 3.74. The van der Waals surface area contributed by atoms with E-state index in [4.69, 9.17) is 0 Å². The molecule has 1 heterocycles. The second kappa shape index (κ2) is 6.60. The fourth-order valence-electron chi connectivity index (χ4n) is 2.26. The van der Waals surface area contributed by atoms with Crippen molar-refractivity contribution in [3.8, 4) is 0 Å². The number of rotatable bonds is 4. The molecule has 0 radical (unpaired) electrons. The summed E-state index contributed by atoms with van der Waals surface area (Å²) in [5.41, 5.74) is 0.907. The highest BCUT2D eigenvalue weighted by Gasteiger charge is 2.17. The van der Waals surface area contributed by atoms with Gasteiger partial charge in [0.05, 0.1) is 17.4 Å². The van der Waals surface area contributed by atoms with Gasteiger partial charge in [0.2, 0.25) is 11.3 Å². The number of aryl methyl sites for hydroxylation is 2. The predicted octanol–water partition coefficient (Wildman–Crippen LogP) is 0.496. The Morgan fingerprint density at radius 3 is 2.65 bits per heavy atom. The highest BCUT2D eigenvalue weighted by Crippen LogP contribution is 2.11. The lowest BCUT2D eigenvalue weighted by Gasteiger charge is -2.10. The van der Waals surface area contributed by atoms with Crippen molar-refractivity contribution < 1.29 is 9.59 Å². The molecule has 2 rings (SSSR count). The van der Waals surface area contributed by atoms with Crippen molar-refractivity contribution in [3.63, 3.8) is 0 Å². The van der Waals surface area contributed by atoms with E-state index >= 15 is 0 Å². The minimum absolute atomic E-state index is 0.0194. The molecule has 0 saturated carbocycles. The van der Waals surface area contributed by atoms with Crippen molar-refractivity contribution in [2.75, 3.05) is 6.54 Å². The number of hydrogen-bond acceptors (Lipinski definition) is 4. The van der Waals surface area contributed by atoms with Crippen LogP contribution in [-0.4, -0.2) is 34.2 Å². The van der Waals surface area contributed by atoms with E-state index in [9.17, 15) is 14.4 Å². The summed E-state index contributed by atoms with van der Waals surface area (Å²) in [7, 11) is 1.67. The number of carbonyl (C=O) groups excluding carboxylic acids is 2. The Kier molecular flexibility index (Phi) is 4.78. The molecule has 0 bridgehead atoms. The average molecular weight is 316 g/mol. The molecule has 2 amide bonds. The summed E-state index contributed by atoms with van der Waals surface area (Å²) in [5.74, 6) is -0.977. The van der Waals surface area contributed by atoms with Gasteiger partial charge in [-0.1, -0.05) is 11.6 Å². The maximum Gasteiger partial charge on any atom is 0.276 e. The fourth-order valence-corrected chi connectivity index (χ4v) is 2.26. The van der Waals surface area contributed by atoms with Crippen molar-refractivity contribution >= 4 is 22.7 Å². The minimum atomic E-state index is -0.659. The first-order valence-corrected chi connectivity index (χ1v) is 7.35. The van der Waals surface area contributed by atoms with Gasteiger partial charge in [-0.3, -0.25) is 19.1 Å². The summed E-state index contributed by atoms with van der Waals surface area (Å²) < 4.78 is 1.49. The topological polar surface area (TPSA) is 93.1 Å². The zero-order valence-electron chi connectivity index (χ0n) is 13.6. The van der Waals surface area contributed by atoms with Crippen molar-refractivity contribution in [1.82, 2.24) is 20.4 Å². The Morgan fingerprint density at radius 2 is 2.00 bits per heavy atom. The molecule has 0 saturated heterocycles. The van der Waals surface area contributed by atoms with Crippen LogP contribution in [0.2, 0.25) is 0 Å². The van der Waals surface area contributed by atoms with Crippen LogP contribution in [0.5, 0.6) is 0 Å². The minimum Gasteiger partial charge on any atom is -0.352 e. The SMILES string of the molecule is Cc1ccc2c(c1)c(=O)c(C(=O)NCC(=O)NC(C)C)nn2C. The molecule has 0 fully saturated rings. The normalized spacial score (nSPS) is 10.8. The highest BCUT2D eigenvalue weighted by atomic mass is 16.2. The van der Waals surface area contributed by atoms with Gasteiger partial charge in [0.15, 0.2) is 5.69 Å². The van der Waals surface area contributed by atoms with Crippen molar-refractivity contribution in [1.29, 1.82) is 0 Å². The smallest absolute Gasteiger partial charge is 0.276 e. The first kappa shape index (κ1) is 16.7. The van der Waals surface area contributed by atoms with Crippen LogP contribution in [0.25, 0.3) is 10.9 Å². The fraction of sp³-hybridized carbons (Fsp3) is 0.375. The third-order valence-corrected chi connectivity index (χ3v) is 3.28. The van der Waals surface area contributed by atoms with Crippen LogP contribution in [0, 0.1) is 6.92 Å². The lowest BCUT2D eigenvalue weighted by atomic mass is 10.1. The number of aromatic nitrogens is 2. The van der Waals surface area contributed by atoms with Gasteiger partial charge in [-0.25, -0.2) is 0 Å². The standard InChI is InChI=1S/C16H20N4O3/c1-9(2)18-13(21)8-17-16(23)14-15(22)11-7-10(3)5-6-12(11)20(4)19-14/h5-7,9H,8H2,1-4H3,(H,17,23)(H,18,21). The quantitative estimate of drug-likeness (QED) is 0.859. The van der Waals surface area contributed by atoms with Gasteiger partial charge in [0.1, 0.15) is 0 Å². The lowest BCUT2D eigenvalue weighted by Crippen LogP contribution is -2.41.